The quantitative estimate of drug-likeness (QED) is 0.818. The van der Waals surface area contributed by atoms with Gasteiger partial charge >= 0.3 is 6.18 Å². The van der Waals surface area contributed by atoms with Gasteiger partial charge in [0, 0.05) is 25.2 Å². The van der Waals surface area contributed by atoms with Crippen LogP contribution in [-0.4, -0.2) is 35.0 Å². The fourth-order valence-corrected chi connectivity index (χ4v) is 1.86. The van der Waals surface area contributed by atoms with Gasteiger partial charge in [-0.15, -0.1) is 11.6 Å². The molecule has 98 valence electrons. The van der Waals surface area contributed by atoms with E-state index in [0.29, 0.717) is 31.1 Å². The van der Waals surface area contributed by atoms with Crippen LogP contribution < -0.4 is 5.32 Å². The molecule has 1 N–H and O–H groups in total. The lowest BCUT2D eigenvalue weighted by Crippen LogP contribution is -2.13. The standard InChI is InChI=1S/C8H11ClF3N3OS/c1-16-4-5(9)2-3-13-7-14-6(15-17-7)8(10,11)12/h5H,2-4H2,1H3,(H,13,14,15). The molecule has 1 unspecified atom stereocenters. The molecule has 0 saturated heterocycles. The Kier molecular flexibility index (Phi) is 5.41. The first kappa shape index (κ1) is 14.5. The predicted octanol–water partition coefficient (Wildman–Crippen LogP) is 2.61. The Morgan fingerprint density at radius 2 is 2.24 bits per heavy atom. The van der Waals surface area contributed by atoms with Crippen molar-refractivity contribution >= 4 is 28.3 Å². The maximum Gasteiger partial charge on any atom is 0.452 e. The highest BCUT2D eigenvalue weighted by molar-refractivity contribution is 7.09. The molecule has 1 aromatic heterocycles. The Morgan fingerprint density at radius 1 is 1.53 bits per heavy atom. The lowest BCUT2D eigenvalue weighted by Gasteiger charge is -2.07. The summed E-state index contributed by atoms with van der Waals surface area (Å²) in [5.41, 5.74) is 0. The number of hydrogen-bond acceptors (Lipinski definition) is 5. The molecule has 17 heavy (non-hydrogen) atoms. The highest BCUT2D eigenvalue weighted by atomic mass is 35.5. The van der Waals surface area contributed by atoms with Gasteiger partial charge in [-0.2, -0.15) is 22.5 Å². The van der Waals surface area contributed by atoms with E-state index in [9.17, 15) is 13.2 Å². The van der Waals surface area contributed by atoms with Crippen molar-refractivity contribution in [3.63, 3.8) is 0 Å². The molecule has 0 aliphatic rings. The van der Waals surface area contributed by atoms with Crippen molar-refractivity contribution < 1.29 is 17.9 Å². The monoisotopic (exact) mass is 289 g/mol. The summed E-state index contributed by atoms with van der Waals surface area (Å²) >= 11 is 6.52. The minimum absolute atomic E-state index is 0.138. The van der Waals surface area contributed by atoms with E-state index in [-0.39, 0.29) is 10.5 Å². The molecule has 1 aromatic rings. The third-order valence-corrected chi connectivity index (χ3v) is 2.78. The number of methoxy groups -OCH3 is 1. The van der Waals surface area contributed by atoms with Gasteiger partial charge in [-0.3, -0.25) is 0 Å². The fourth-order valence-electron chi connectivity index (χ4n) is 1.01. The minimum Gasteiger partial charge on any atom is -0.383 e. The zero-order valence-corrected chi connectivity index (χ0v) is 10.5. The highest BCUT2D eigenvalue weighted by Gasteiger charge is 2.36. The van der Waals surface area contributed by atoms with Gasteiger partial charge in [-0.05, 0) is 6.42 Å². The number of nitrogens with one attached hydrogen (secondary N) is 1. The molecule has 0 aromatic carbocycles. The van der Waals surface area contributed by atoms with Gasteiger partial charge in [0.15, 0.2) is 0 Å². The molecule has 0 aliphatic heterocycles. The number of hydrogen-bond donors (Lipinski definition) is 1. The van der Waals surface area contributed by atoms with Crippen molar-refractivity contribution in [3.05, 3.63) is 5.82 Å². The van der Waals surface area contributed by atoms with E-state index < -0.39 is 12.0 Å². The zero-order chi connectivity index (χ0) is 12.9. The molecule has 0 amide bonds. The topological polar surface area (TPSA) is 47.0 Å². The molecule has 0 fully saturated rings. The summed E-state index contributed by atoms with van der Waals surface area (Å²) in [4.78, 5) is 3.32. The van der Waals surface area contributed by atoms with Gasteiger partial charge in [-0.25, -0.2) is 0 Å². The third-order valence-electron chi connectivity index (χ3n) is 1.76. The molecular formula is C8H11ClF3N3OS. The van der Waals surface area contributed by atoms with E-state index in [1.807, 2.05) is 0 Å². The van der Waals surface area contributed by atoms with Gasteiger partial charge in [0.1, 0.15) is 0 Å². The highest BCUT2D eigenvalue weighted by Crippen LogP contribution is 2.28. The van der Waals surface area contributed by atoms with Gasteiger partial charge in [-0.1, -0.05) is 0 Å². The molecule has 1 heterocycles. The van der Waals surface area contributed by atoms with Crippen LogP contribution in [0.25, 0.3) is 0 Å². The second-order valence-electron chi connectivity index (χ2n) is 3.19. The Bertz CT molecular complexity index is 347. The molecular weight excluding hydrogens is 279 g/mol. The van der Waals surface area contributed by atoms with Crippen molar-refractivity contribution in [3.8, 4) is 0 Å². The molecule has 0 aliphatic carbocycles. The van der Waals surface area contributed by atoms with Gasteiger partial charge in [0.2, 0.25) is 11.0 Å². The Balaban J connectivity index is 2.35. The summed E-state index contributed by atoms with van der Waals surface area (Å²) < 4.78 is 44.5. The Morgan fingerprint density at radius 3 is 2.76 bits per heavy atom. The average molecular weight is 290 g/mol. The number of anilines is 1. The van der Waals surface area contributed by atoms with Crippen LogP contribution in [0.1, 0.15) is 12.2 Å². The third kappa shape index (κ3) is 5.05. The second-order valence-corrected chi connectivity index (χ2v) is 4.56. The van der Waals surface area contributed by atoms with Crippen molar-refractivity contribution in [2.45, 2.75) is 18.0 Å². The summed E-state index contributed by atoms with van der Waals surface area (Å²) in [6, 6.07) is 0. The summed E-state index contributed by atoms with van der Waals surface area (Å²) in [7, 11) is 1.53. The average Bonchev–Trinajstić information content (AvgIpc) is 2.66. The first-order valence-electron chi connectivity index (χ1n) is 4.71. The largest absolute Gasteiger partial charge is 0.452 e. The molecule has 0 bridgehead atoms. The smallest absolute Gasteiger partial charge is 0.383 e. The van der Waals surface area contributed by atoms with Crippen LogP contribution >= 0.6 is 23.1 Å². The molecule has 9 heteroatoms. The van der Waals surface area contributed by atoms with Crippen LogP contribution in [0.4, 0.5) is 18.3 Å². The van der Waals surface area contributed by atoms with Crippen LogP contribution in [0.2, 0.25) is 0 Å². The molecule has 1 atom stereocenters. The van der Waals surface area contributed by atoms with E-state index in [1.54, 1.807) is 0 Å². The Hall–Kier alpha value is -0.600. The summed E-state index contributed by atoms with van der Waals surface area (Å²) in [6.07, 6.45) is -3.93. The van der Waals surface area contributed by atoms with Gasteiger partial charge in [0.05, 0.1) is 12.0 Å². The normalized spacial score (nSPS) is 13.7. The number of rotatable bonds is 6. The fraction of sp³-hybridized carbons (Fsp3) is 0.750. The van der Waals surface area contributed by atoms with Gasteiger partial charge in [0.25, 0.3) is 0 Å². The predicted molar refractivity (Wildman–Crippen MR) is 59.5 cm³/mol. The van der Waals surface area contributed by atoms with E-state index in [2.05, 4.69) is 14.7 Å². The molecule has 1 rings (SSSR count). The van der Waals surface area contributed by atoms with E-state index in [0.717, 1.165) is 0 Å². The molecule has 0 spiro atoms. The van der Waals surface area contributed by atoms with Crippen molar-refractivity contribution in [2.24, 2.45) is 0 Å². The zero-order valence-electron chi connectivity index (χ0n) is 8.92. The number of halogens is 4. The van der Waals surface area contributed by atoms with E-state index >= 15 is 0 Å². The van der Waals surface area contributed by atoms with Gasteiger partial charge < -0.3 is 10.1 Å². The van der Waals surface area contributed by atoms with Crippen LogP contribution in [-0.2, 0) is 10.9 Å². The molecule has 0 radical (unpaired) electrons. The Labute approximate surface area is 105 Å². The first-order chi connectivity index (χ1) is 7.93. The van der Waals surface area contributed by atoms with Crippen LogP contribution in [0.5, 0.6) is 0 Å². The SMILES string of the molecule is COCC(Cl)CCNc1nc(C(F)(F)F)ns1. The maximum absolute atomic E-state index is 12.2. The number of aromatic nitrogens is 2. The molecule has 0 saturated carbocycles. The van der Waals surface area contributed by atoms with Crippen molar-refractivity contribution in [2.75, 3.05) is 25.6 Å². The van der Waals surface area contributed by atoms with Crippen LogP contribution in [0.3, 0.4) is 0 Å². The van der Waals surface area contributed by atoms with Crippen LogP contribution in [0, 0.1) is 0 Å². The van der Waals surface area contributed by atoms with Crippen molar-refractivity contribution in [1.82, 2.24) is 9.36 Å². The van der Waals surface area contributed by atoms with Crippen LogP contribution in [0.15, 0.2) is 0 Å². The van der Waals surface area contributed by atoms with Crippen molar-refractivity contribution in [1.29, 1.82) is 0 Å². The maximum atomic E-state index is 12.2. The second kappa shape index (κ2) is 6.36. The summed E-state index contributed by atoms with van der Waals surface area (Å²) in [5, 5.41) is 2.69. The summed E-state index contributed by atoms with van der Waals surface area (Å²) in [6.45, 7) is 0.817. The number of ether oxygens (including phenoxy) is 1. The number of alkyl halides is 4. The van der Waals surface area contributed by atoms with E-state index in [4.69, 9.17) is 16.3 Å². The number of nitrogens with zero attached hydrogens (tertiary/aromatic N) is 2. The lowest BCUT2D eigenvalue weighted by molar-refractivity contribution is -0.144. The lowest BCUT2D eigenvalue weighted by atomic mass is 10.3. The van der Waals surface area contributed by atoms with E-state index in [1.165, 1.54) is 7.11 Å². The summed E-state index contributed by atoms with van der Waals surface area (Å²) in [5.74, 6) is -1.12. The minimum atomic E-state index is -4.50. The first-order valence-corrected chi connectivity index (χ1v) is 5.92. The molecule has 4 nitrogen and oxygen atoms in total.